The molecule has 0 saturated carbocycles. The molecule has 11 heavy (non-hydrogen) atoms. The Hall–Kier alpha value is -0.0400. The van der Waals surface area contributed by atoms with E-state index >= 15 is 0 Å². The second-order valence-electron chi connectivity index (χ2n) is 3.35. The third kappa shape index (κ3) is 4.41. The Morgan fingerprint density at radius 3 is 2.18 bits per heavy atom. The summed E-state index contributed by atoms with van der Waals surface area (Å²) in [6.07, 6.45) is 2.81. The molecule has 1 rings (SSSR count). The van der Waals surface area contributed by atoms with Gasteiger partial charge in [-0.1, -0.05) is 27.7 Å². The second-order valence-corrected chi connectivity index (χ2v) is 3.35. The van der Waals surface area contributed by atoms with Crippen LogP contribution < -0.4 is 5.32 Å². The predicted molar refractivity (Wildman–Crippen MR) is 51.8 cm³/mol. The van der Waals surface area contributed by atoms with Crippen LogP contribution in [0, 0.1) is 11.8 Å². The average Bonchev–Trinajstić information content (AvgIpc) is 2.10. The minimum Gasteiger partial charge on any atom is -0.316 e. The molecule has 0 amide bonds. The first kappa shape index (κ1) is 11.0. The normalized spacial score (nSPS) is 24.3. The molecule has 1 heteroatoms. The third-order valence-electron chi connectivity index (χ3n) is 2.28. The highest BCUT2D eigenvalue weighted by Gasteiger charge is 2.15. The van der Waals surface area contributed by atoms with Crippen molar-refractivity contribution in [1.29, 1.82) is 0 Å². The van der Waals surface area contributed by atoms with Crippen molar-refractivity contribution in [2.45, 2.75) is 40.5 Å². The van der Waals surface area contributed by atoms with E-state index in [2.05, 4.69) is 19.2 Å². The van der Waals surface area contributed by atoms with Gasteiger partial charge >= 0.3 is 0 Å². The molecule has 0 aromatic carbocycles. The van der Waals surface area contributed by atoms with Crippen molar-refractivity contribution in [2.75, 3.05) is 13.1 Å². The van der Waals surface area contributed by atoms with E-state index in [1.165, 1.54) is 25.9 Å². The SMILES string of the molecule is CC.CC(C)[C@@H]1CCCNC1. The molecule has 1 aliphatic heterocycles. The molecule has 0 unspecified atom stereocenters. The Bertz CT molecular complexity index is 72.9. The minimum atomic E-state index is 0.873. The maximum atomic E-state index is 3.42. The average molecular weight is 157 g/mol. The largest absolute Gasteiger partial charge is 0.316 e. The molecule has 0 aromatic heterocycles. The second kappa shape index (κ2) is 6.66. The van der Waals surface area contributed by atoms with E-state index < -0.39 is 0 Å². The predicted octanol–water partition coefficient (Wildman–Crippen LogP) is 2.67. The molecule has 0 radical (unpaired) electrons. The maximum absolute atomic E-state index is 3.42. The summed E-state index contributed by atoms with van der Waals surface area (Å²) < 4.78 is 0. The number of rotatable bonds is 1. The van der Waals surface area contributed by atoms with Gasteiger partial charge in [0.2, 0.25) is 0 Å². The first-order valence-corrected chi connectivity index (χ1v) is 5.01. The molecule has 68 valence electrons. The summed E-state index contributed by atoms with van der Waals surface area (Å²) >= 11 is 0. The lowest BCUT2D eigenvalue weighted by molar-refractivity contribution is 0.296. The highest BCUT2D eigenvalue weighted by Crippen LogP contribution is 2.18. The third-order valence-corrected chi connectivity index (χ3v) is 2.28. The molecular weight excluding hydrogens is 134 g/mol. The lowest BCUT2D eigenvalue weighted by Gasteiger charge is -2.25. The van der Waals surface area contributed by atoms with Crippen molar-refractivity contribution < 1.29 is 0 Å². The van der Waals surface area contributed by atoms with E-state index in [0.717, 1.165) is 11.8 Å². The first-order valence-electron chi connectivity index (χ1n) is 5.01. The summed E-state index contributed by atoms with van der Waals surface area (Å²) in [5.41, 5.74) is 0. The quantitative estimate of drug-likeness (QED) is 0.617. The fraction of sp³-hybridized carbons (Fsp3) is 1.00. The van der Waals surface area contributed by atoms with Gasteiger partial charge < -0.3 is 5.32 Å². The lowest BCUT2D eigenvalue weighted by Crippen LogP contribution is -2.32. The summed E-state index contributed by atoms with van der Waals surface area (Å²) in [6.45, 7) is 11.1. The van der Waals surface area contributed by atoms with E-state index in [4.69, 9.17) is 0 Å². The zero-order valence-electron chi connectivity index (χ0n) is 8.48. The van der Waals surface area contributed by atoms with Crippen molar-refractivity contribution in [3.05, 3.63) is 0 Å². The smallest absolute Gasteiger partial charge is 0.00181 e. The Morgan fingerprint density at radius 2 is 1.91 bits per heavy atom. The van der Waals surface area contributed by atoms with Crippen LogP contribution in [0.4, 0.5) is 0 Å². The standard InChI is InChI=1S/C8H17N.C2H6/c1-7(2)8-4-3-5-9-6-8;1-2/h7-9H,3-6H2,1-2H3;1-2H3/t8-;/m1./s1. The molecular formula is C10H23N. The van der Waals surface area contributed by atoms with Gasteiger partial charge in [0.05, 0.1) is 0 Å². The van der Waals surface area contributed by atoms with Crippen molar-refractivity contribution in [3.8, 4) is 0 Å². The van der Waals surface area contributed by atoms with E-state index in [1.54, 1.807) is 0 Å². The number of nitrogens with one attached hydrogen (secondary N) is 1. The van der Waals surface area contributed by atoms with Crippen LogP contribution in [0.1, 0.15) is 40.5 Å². The lowest BCUT2D eigenvalue weighted by atomic mass is 9.89. The Kier molecular flexibility index (Phi) is 6.63. The molecule has 0 bridgehead atoms. The zero-order valence-corrected chi connectivity index (χ0v) is 8.48. The van der Waals surface area contributed by atoms with Crippen LogP contribution >= 0.6 is 0 Å². The topological polar surface area (TPSA) is 12.0 Å². The van der Waals surface area contributed by atoms with E-state index in [1.807, 2.05) is 13.8 Å². The zero-order chi connectivity index (χ0) is 8.69. The summed E-state index contributed by atoms with van der Waals surface area (Å²) in [4.78, 5) is 0. The number of piperidine rings is 1. The maximum Gasteiger partial charge on any atom is -0.00181 e. The van der Waals surface area contributed by atoms with Crippen LogP contribution in [-0.2, 0) is 0 Å². The van der Waals surface area contributed by atoms with Crippen LogP contribution in [0.2, 0.25) is 0 Å². The summed E-state index contributed by atoms with van der Waals surface area (Å²) in [5.74, 6) is 1.82. The molecule has 0 spiro atoms. The van der Waals surface area contributed by atoms with Gasteiger partial charge in [0.15, 0.2) is 0 Å². The molecule has 1 N–H and O–H groups in total. The number of hydrogen-bond acceptors (Lipinski definition) is 1. The molecule has 1 atom stereocenters. The molecule has 1 nitrogen and oxygen atoms in total. The van der Waals surface area contributed by atoms with Gasteiger partial charge in [-0.25, -0.2) is 0 Å². The fourth-order valence-electron chi connectivity index (χ4n) is 1.45. The van der Waals surface area contributed by atoms with Crippen LogP contribution in [0.3, 0.4) is 0 Å². The van der Waals surface area contributed by atoms with Gasteiger partial charge in [-0.2, -0.15) is 0 Å². The van der Waals surface area contributed by atoms with Crippen LogP contribution in [-0.4, -0.2) is 13.1 Å². The highest BCUT2D eigenvalue weighted by atomic mass is 14.9. The minimum absolute atomic E-state index is 0.873. The van der Waals surface area contributed by atoms with E-state index in [9.17, 15) is 0 Å². The van der Waals surface area contributed by atoms with Crippen molar-refractivity contribution in [3.63, 3.8) is 0 Å². The molecule has 1 heterocycles. The van der Waals surface area contributed by atoms with E-state index in [0.29, 0.717) is 0 Å². The monoisotopic (exact) mass is 157 g/mol. The Morgan fingerprint density at radius 1 is 1.27 bits per heavy atom. The van der Waals surface area contributed by atoms with Gasteiger partial charge in [0.25, 0.3) is 0 Å². The summed E-state index contributed by atoms with van der Waals surface area (Å²) in [7, 11) is 0. The van der Waals surface area contributed by atoms with Crippen molar-refractivity contribution >= 4 is 0 Å². The molecule has 1 saturated heterocycles. The van der Waals surface area contributed by atoms with Crippen LogP contribution in [0.15, 0.2) is 0 Å². The highest BCUT2D eigenvalue weighted by molar-refractivity contribution is 4.70. The molecule has 0 aliphatic carbocycles. The van der Waals surface area contributed by atoms with E-state index in [-0.39, 0.29) is 0 Å². The van der Waals surface area contributed by atoms with Crippen molar-refractivity contribution in [2.24, 2.45) is 11.8 Å². The Labute approximate surface area is 71.6 Å². The van der Waals surface area contributed by atoms with Gasteiger partial charge in [0, 0.05) is 0 Å². The fourth-order valence-corrected chi connectivity index (χ4v) is 1.45. The van der Waals surface area contributed by atoms with Crippen molar-refractivity contribution in [1.82, 2.24) is 5.32 Å². The van der Waals surface area contributed by atoms with Gasteiger partial charge in [0.1, 0.15) is 0 Å². The van der Waals surface area contributed by atoms with Gasteiger partial charge in [-0.15, -0.1) is 0 Å². The molecule has 1 aliphatic rings. The Balaban J connectivity index is 0.000000461. The summed E-state index contributed by atoms with van der Waals surface area (Å²) in [6, 6.07) is 0. The van der Waals surface area contributed by atoms with Crippen LogP contribution in [0.25, 0.3) is 0 Å². The van der Waals surface area contributed by atoms with Gasteiger partial charge in [-0.05, 0) is 37.8 Å². The van der Waals surface area contributed by atoms with Gasteiger partial charge in [-0.3, -0.25) is 0 Å². The first-order chi connectivity index (χ1) is 5.30. The summed E-state index contributed by atoms with van der Waals surface area (Å²) in [5, 5.41) is 3.42. The number of hydrogen-bond donors (Lipinski definition) is 1. The molecule has 0 aromatic rings. The molecule has 1 fully saturated rings. The van der Waals surface area contributed by atoms with Crippen LogP contribution in [0.5, 0.6) is 0 Å².